The van der Waals surface area contributed by atoms with Crippen LogP contribution in [0.25, 0.3) is 20.7 Å². The van der Waals surface area contributed by atoms with E-state index in [1.54, 1.807) is 18.4 Å². The van der Waals surface area contributed by atoms with Gasteiger partial charge in [-0.1, -0.05) is 73.7 Å². The van der Waals surface area contributed by atoms with Gasteiger partial charge in [0.25, 0.3) is 0 Å². The zero-order chi connectivity index (χ0) is 39.5. The molecule has 4 aromatic heterocycles. The maximum atomic E-state index is 13.5. The Morgan fingerprint density at radius 1 is 1.05 bits per heavy atom. The highest BCUT2D eigenvalue weighted by molar-refractivity contribution is 7.19. The number of carbonyl (C=O) groups is 1. The number of hydrogen-bond donors (Lipinski definition) is 0. The molecule has 15 heteroatoms. The smallest absolute Gasteiger partial charge is 0.358 e. The standard InChI is InChI=1S/C41H56N8O4S2Si/c1-8-53-38(50)34-35(31-25-42-49(29(31)3)26-41(20-14-22-51-4)18-12-9-13-19-41)55-39(43-34)47-21-17-30-28(2)36(45-46-37(30)47)44-40-48(27-52-23-24-56(5,6)7)32-15-10-11-16-33(32)54-40/h10-11,15-16,25H,8-9,12-14,17-24,26-27H2,1-7H3. The number of thiazole rings is 2. The minimum atomic E-state index is -1.21. The summed E-state index contributed by atoms with van der Waals surface area (Å²) in [7, 11) is 0.565. The van der Waals surface area contributed by atoms with Crippen molar-refractivity contribution in [1.82, 2.24) is 29.5 Å². The van der Waals surface area contributed by atoms with Gasteiger partial charge in [0.1, 0.15) is 6.73 Å². The van der Waals surface area contributed by atoms with Crippen LogP contribution in [0.15, 0.2) is 35.5 Å². The summed E-state index contributed by atoms with van der Waals surface area (Å²) in [6.07, 6.45) is 11.0. The van der Waals surface area contributed by atoms with Crippen molar-refractivity contribution in [2.24, 2.45) is 10.4 Å². The minimum Gasteiger partial charge on any atom is -0.461 e. The predicted molar refractivity (Wildman–Crippen MR) is 227 cm³/mol. The van der Waals surface area contributed by atoms with Gasteiger partial charge in [-0.2, -0.15) is 10.1 Å². The van der Waals surface area contributed by atoms with E-state index in [0.717, 1.165) is 93.2 Å². The molecule has 0 atom stereocenters. The van der Waals surface area contributed by atoms with E-state index < -0.39 is 14.0 Å². The van der Waals surface area contributed by atoms with Gasteiger partial charge in [-0.25, -0.2) is 9.78 Å². The molecule has 12 nitrogen and oxygen atoms in total. The first-order valence-electron chi connectivity index (χ1n) is 20.0. The summed E-state index contributed by atoms with van der Waals surface area (Å²) in [5.74, 6) is 0.914. The van der Waals surface area contributed by atoms with E-state index in [1.165, 1.54) is 43.4 Å². The summed E-state index contributed by atoms with van der Waals surface area (Å²) in [6, 6.07) is 9.44. The number of nitrogens with zero attached hydrogens (tertiary/aromatic N) is 8. The highest BCUT2D eigenvalue weighted by atomic mass is 32.1. The molecule has 1 aliphatic carbocycles. The Morgan fingerprint density at radius 3 is 2.62 bits per heavy atom. The third-order valence-corrected chi connectivity index (χ3v) is 15.1. The van der Waals surface area contributed by atoms with Gasteiger partial charge >= 0.3 is 5.97 Å². The number of aromatic nitrogens is 6. The van der Waals surface area contributed by atoms with Crippen LogP contribution >= 0.6 is 22.7 Å². The number of hydrogen-bond acceptors (Lipinski definition) is 12. The largest absolute Gasteiger partial charge is 0.461 e. The lowest BCUT2D eigenvalue weighted by atomic mass is 9.71. The fraction of sp³-hybridized carbons (Fsp3) is 0.561. The van der Waals surface area contributed by atoms with E-state index in [2.05, 4.69) is 77.0 Å². The second kappa shape index (κ2) is 17.4. The highest BCUT2D eigenvalue weighted by Crippen LogP contribution is 2.45. The van der Waals surface area contributed by atoms with Crippen LogP contribution in [0.2, 0.25) is 25.7 Å². The fourth-order valence-corrected chi connectivity index (χ4v) is 10.9. The monoisotopic (exact) mass is 816 g/mol. The van der Waals surface area contributed by atoms with Crippen LogP contribution in [0.4, 0.5) is 16.8 Å². The lowest BCUT2D eigenvalue weighted by Crippen LogP contribution is -2.31. The van der Waals surface area contributed by atoms with E-state index in [9.17, 15) is 4.79 Å². The third-order valence-electron chi connectivity index (χ3n) is 11.3. The third kappa shape index (κ3) is 8.71. The normalized spacial score (nSPS) is 15.9. The molecule has 1 saturated carbocycles. The number of carbonyl (C=O) groups excluding carboxylic acids is 1. The van der Waals surface area contributed by atoms with Crippen LogP contribution in [0.1, 0.15) is 79.2 Å². The topological polar surface area (TPSA) is 122 Å². The van der Waals surface area contributed by atoms with Crippen molar-refractivity contribution in [2.75, 3.05) is 38.4 Å². The van der Waals surface area contributed by atoms with Crippen molar-refractivity contribution in [1.29, 1.82) is 0 Å². The van der Waals surface area contributed by atoms with E-state index >= 15 is 0 Å². The average Bonchev–Trinajstić information content (AvgIpc) is 3.96. The highest BCUT2D eigenvalue weighted by Gasteiger charge is 2.35. The fourth-order valence-electron chi connectivity index (χ4n) is 8.00. The first-order chi connectivity index (χ1) is 27.0. The molecule has 300 valence electrons. The molecule has 1 fully saturated rings. The predicted octanol–water partition coefficient (Wildman–Crippen LogP) is 9.22. The van der Waals surface area contributed by atoms with Gasteiger partial charge in [0, 0.05) is 63.9 Å². The number of rotatable bonds is 16. The van der Waals surface area contributed by atoms with E-state index in [1.807, 2.05) is 13.1 Å². The molecular weight excluding hydrogens is 761 g/mol. The molecule has 0 bridgehead atoms. The zero-order valence-corrected chi connectivity index (χ0v) is 36.7. The van der Waals surface area contributed by atoms with Gasteiger partial charge in [0.05, 0.1) is 27.9 Å². The van der Waals surface area contributed by atoms with Crippen LogP contribution in [-0.2, 0) is 33.9 Å². The Morgan fingerprint density at radius 2 is 1.86 bits per heavy atom. The molecule has 2 aliphatic rings. The number of para-hydroxylation sites is 1. The van der Waals surface area contributed by atoms with Crippen molar-refractivity contribution in [3.63, 3.8) is 0 Å². The maximum Gasteiger partial charge on any atom is 0.358 e. The number of fused-ring (bicyclic) bond motifs is 2. The van der Waals surface area contributed by atoms with Gasteiger partial charge in [-0.15, -0.1) is 10.2 Å². The van der Waals surface area contributed by atoms with Crippen LogP contribution < -0.4 is 9.70 Å². The van der Waals surface area contributed by atoms with Crippen molar-refractivity contribution in [2.45, 2.75) is 111 Å². The van der Waals surface area contributed by atoms with Gasteiger partial charge in [0.2, 0.25) is 0 Å². The van der Waals surface area contributed by atoms with Crippen molar-refractivity contribution in [3.05, 3.63) is 57.8 Å². The molecule has 0 N–H and O–H groups in total. The van der Waals surface area contributed by atoms with Gasteiger partial charge < -0.3 is 19.1 Å². The van der Waals surface area contributed by atoms with Gasteiger partial charge in [-0.3, -0.25) is 9.25 Å². The number of methoxy groups -OCH3 is 1. The lowest BCUT2D eigenvalue weighted by Gasteiger charge is -2.37. The first-order valence-corrected chi connectivity index (χ1v) is 25.4. The number of anilines is 2. The first kappa shape index (κ1) is 40.4. The second-order valence-electron chi connectivity index (χ2n) is 16.4. The molecule has 7 rings (SSSR count). The molecule has 5 heterocycles. The maximum absolute atomic E-state index is 13.5. The van der Waals surface area contributed by atoms with E-state index in [-0.39, 0.29) is 12.0 Å². The summed E-state index contributed by atoms with van der Waals surface area (Å²) in [5.41, 5.74) is 5.63. The van der Waals surface area contributed by atoms with Gasteiger partial charge in [-0.05, 0) is 76.5 Å². The SMILES string of the molecule is CCOC(=O)c1nc(N2CCc3c2nnc(N=c2sc4ccccc4n2COCC[Si](C)(C)C)c3C)sc1-c1cnn(CC2(CCCOC)CCCCC2)c1C. The Hall–Kier alpha value is -3.76. The molecule has 0 saturated heterocycles. The summed E-state index contributed by atoms with van der Waals surface area (Å²) in [5, 5.41) is 15.0. The summed E-state index contributed by atoms with van der Waals surface area (Å²) >= 11 is 3.11. The Labute approximate surface area is 339 Å². The minimum absolute atomic E-state index is 0.201. The molecule has 0 amide bonds. The summed E-state index contributed by atoms with van der Waals surface area (Å²) < 4.78 is 22.6. The van der Waals surface area contributed by atoms with Crippen molar-refractivity contribution < 1.29 is 19.0 Å². The van der Waals surface area contributed by atoms with Crippen molar-refractivity contribution >= 4 is 63.7 Å². The molecule has 1 aromatic carbocycles. The molecular formula is C41H56N8O4S2Si. The molecule has 56 heavy (non-hydrogen) atoms. The van der Waals surface area contributed by atoms with Crippen LogP contribution in [0.3, 0.4) is 0 Å². The van der Waals surface area contributed by atoms with E-state index in [0.29, 0.717) is 29.9 Å². The summed E-state index contributed by atoms with van der Waals surface area (Å²) in [6.45, 7) is 16.8. The van der Waals surface area contributed by atoms with Crippen molar-refractivity contribution in [3.8, 4) is 10.4 Å². The molecule has 0 spiro atoms. The van der Waals surface area contributed by atoms with Crippen LogP contribution in [-0.4, -0.2) is 77.0 Å². The average molecular weight is 817 g/mol. The number of esters is 1. The van der Waals surface area contributed by atoms with Crippen LogP contribution in [0.5, 0.6) is 0 Å². The van der Waals surface area contributed by atoms with Gasteiger partial charge in [0.15, 0.2) is 27.3 Å². The number of benzene rings is 1. The zero-order valence-electron chi connectivity index (χ0n) is 34.0. The quantitative estimate of drug-likeness (QED) is 0.0545. The molecule has 1 aliphatic heterocycles. The summed E-state index contributed by atoms with van der Waals surface area (Å²) in [4.78, 5) is 27.2. The lowest BCUT2D eigenvalue weighted by molar-refractivity contribution is 0.0521. The van der Waals surface area contributed by atoms with E-state index in [4.69, 9.17) is 34.4 Å². The Balaban J connectivity index is 1.19. The Bertz CT molecular complexity index is 2230. The second-order valence-corrected chi connectivity index (χ2v) is 24.1. The molecule has 0 unspecified atom stereocenters. The molecule has 0 radical (unpaired) electrons. The van der Waals surface area contributed by atoms with Crippen LogP contribution in [0, 0.1) is 19.3 Å². The number of ether oxygens (including phenoxy) is 3. The molecule has 5 aromatic rings. The Kier molecular flexibility index (Phi) is 12.6.